The summed E-state index contributed by atoms with van der Waals surface area (Å²) in [5.74, 6) is 1.10. The number of piperidine rings is 1. The number of benzene rings is 1. The minimum atomic E-state index is -1.31. The molecular weight excluding hydrogens is 443 g/mol. The van der Waals surface area contributed by atoms with Crippen molar-refractivity contribution in [2.45, 2.75) is 44.4 Å². The lowest BCUT2D eigenvalue weighted by atomic mass is 9.85. The maximum absolute atomic E-state index is 12.9. The van der Waals surface area contributed by atoms with Gasteiger partial charge in [0.25, 0.3) is 0 Å². The molecule has 0 amide bonds. The van der Waals surface area contributed by atoms with E-state index < -0.39 is 16.1 Å². The van der Waals surface area contributed by atoms with Gasteiger partial charge in [0.2, 0.25) is 0 Å². The van der Waals surface area contributed by atoms with Crippen molar-refractivity contribution in [1.82, 2.24) is 9.71 Å². The molecule has 0 bridgehead atoms. The number of halogens is 2. The molecule has 2 atom stereocenters. The molecule has 0 spiro atoms. The Morgan fingerprint density at radius 2 is 1.87 bits per heavy atom. The zero-order valence-corrected chi connectivity index (χ0v) is 19.7. The first-order chi connectivity index (χ1) is 14.1. The van der Waals surface area contributed by atoms with Gasteiger partial charge in [0.15, 0.2) is 0 Å². The van der Waals surface area contributed by atoms with E-state index in [9.17, 15) is 9.66 Å². The highest BCUT2D eigenvalue weighted by Gasteiger charge is 2.36. The van der Waals surface area contributed by atoms with Crippen LogP contribution in [0.15, 0.2) is 30.5 Å². The molecule has 0 saturated carbocycles. The molecule has 2 aromatic rings. The van der Waals surface area contributed by atoms with Crippen LogP contribution in [-0.4, -0.2) is 32.5 Å². The summed E-state index contributed by atoms with van der Waals surface area (Å²) in [6, 6.07) is 6.57. The van der Waals surface area contributed by atoms with Crippen LogP contribution in [0.1, 0.15) is 45.2 Å². The molecule has 3 rings (SSSR count). The highest BCUT2D eigenvalue weighted by Crippen LogP contribution is 2.40. The van der Waals surface area contributed by atoms with E-state index in [1.54, 1.807) is 12.3 Å². The Balaban J connectivity index is 1.82. The number of nitrogens with one attached hydrogen (secondary N) is 1. The quantitative estimate of drug-likeness (QED) is 0.548. The molecule has 1 aromatic carbocycles. The number of aromatic nitrogens is 1. The summed E-state index contributed by atoms with van der Waals surface area (Å²) in [4.78, 5) is 6.62. The van der Waals surface area contributed by atoms with Crippen LogP contribution in [0.4, 0.5) is 11.5 Å². The number of hydrogen-bond donors (Lipinski definition) is 3. The lowest BCUT2D eigenvalue weighted by molar-refractivity contribution is 0.317. The minimum Gasteiger partial charge on any atom is -0.598 e. The lowest BCUT2D eigenvalue weighted by Crippen LogP contribution is -2.45. The fourth-order valence-electron chi connectivity index (χ4n) is 3.55. The molecule has 1 saturated heterocycles. The first-order valence-corrected chi connectivity index (χ1v) is 11.8. The van der Waals surface area contributed by atoms with E-state index in [-0.39, 0.29) is 22.7 Å². The van der Waals surface area contributed by atoms with Crippen molar-refractivity contribution in [2.75, 3.05) is 23.7 Å². The Kier molecular flexibility index (Phi) is 7.30. The summed E-state index contributed by atoms with van der Waals surface area (Å²) in [6.45, 7) is 7.33. The maximum Gasteiger partial charge on any atom is 0.136 e. The van der Waals surface area contributed by atoms with Crippen LogP contribution in [0.3, 0.4) is 0 Å². The normalized spacial score (nSPS) is 17.7. The number of aromatic hydroxyl groups is 1. The molecule has 164 valence electrons. The van der Waals surface area contributed by atoms with Gasteiger partial charge in [-0.3, -0.25) is 0 Å². The number of nitrogens with zero attached hydrogens (tertiary/aromatic N) is 2. The SMILES string of the molecule is CC(C)(C)[S@+]([O-])NC(c1cc(Cl)c(Cl)cc1O)C1CCN(c2ccc(N)cn2)CC1. The highest BCUT2D eigenvalue weighted by molar-refractivity contribution is 7.90. The fourth-order valence-corrected chi connectivity index (χ4v) is 4.79. The summed E-state index contributed by atoms with van der Waals surface area (Å²) in [6.07, 6.45) is 3.33. The van der Waals surface area contributed by atoms with Crippen LogP contribution in [-0.2, 0) is 11.4 Å². The van der Waals surface area contributed by atoms with Gasteiger partial charge in [-0.25, -0.2) is 4.98 Å². The van der Waals surface area contributed by atoms with Gasteiger partial charge in [0, 0.05) is 36.1 Å². The van der Waals surface area contributed by atoms with Crippen molar-refractivity contribution >= 4 is 46.1 Å². The lowest BCUT2D eigenvalue weighted by Gasteiger charge is -2.38. The van der Waals surface area contributed by atoms with Gasteiger partial charge in [-0.2, -0.15) is 0 Å². The van der Waals surface area contributed by atoms with Crippen LogP contribution in [0.2, 0.25) is 10.0 Å². The molecule has 2 heterocycles. The molecule has 4 N–H and O–H groups in total. The van der Waals surface area contributed by atoms with E-state index in [0.29, 0.717) is 16.3 Å². The third-order valence-electron chi connectivity index (χ3n) is 5.30. The topological polar surface area (TPSA) is 97.5 Å². The Bertz CT molecular complexity index is 869. The second-order valence-electron chi connectivity index (χ2n) is 8.58. The van der Waals surface area contributed by atoms with E-state index in [1.807, 2.05) is 32.9 Å². The average Bonchev–Trinajstić information content (AvgIpc) is 2.69. The van der Waals surface area contributed by atoms with Crippen molar-refractivity contribution < 1.29 is 9.66 Å². The summed E-state index contributed by atoms with van der Waals surface area (Å²) in [7, 11) is 0. The average molecular weight is 471 g/mol. The number of nitrogens with two attached hydrogens (primary N) is 1. The first-order valence-electron chi connectivity index (χ1n) is 9.88. The number of anilines is 2. The predicted molar refractivity (Wildman–Crippen MR) is 125 cm³/mol. The van der Waals surface area contributed by atoms with Crippen LogP contribution in [0.5, 0.6) is 5.75 Å². The van der Waals surface area contributed by atoms with E-state index in [1.165, 1.54) is 6.07 Å². The Morgan fingerprint density at radius 1 is 1.23 bits per heavy atom. The standard InChI is InChI=1S/C21H28Cl2N4O2S/c1-21(2,3)30(29)26-20(15-10-16(22)17(23)11-18(15)28)13-6-8-27(9-7-13)19-5-4-14(24)12-25-19/h4-5,10-13,20,26,28H,6-9,24H2,1-3H3/t20?,30-/m0/s1. The van der Waals surface area contributed by atoms with Crippen molar-refractivity contribution in [3.8, 4) is 5.75 Å². The van der Waals surface area contributed by atoms with Gasteiger partial charge in [-0.15, -0.1) is 4.72 Å². The number of phenolic OH excluding ortho intramolecular Hbond substituents is 1. The number of rotatable bonds is 5. The third-order valence-corrected chi connectivity index (χ3v) is 7.60. The van der Waals surface area contributed by atoms with Crippen molar-refractivity contribution in [1.29, 1.82) is 0 Å². The van der Waals surface area contributed by atoms with Crippen LogP contribution in [0.25, 0.3) is 0 Å². The summed E-state index contributed by atoms with van der Waals surface area (Å²) in [5, 5.41) is 11.2. The number of phenols is 1. The Labute approximate surface area is 191 Å². The van der Waals surface area contributed by atoms with E-state index >= 15 is 0 Å². The van der Waals surface area contributed by atoms with Gasteiger partial charge in [0.05, 0.1) is 28.0 Å². The summed E-state index contributed by atoms with van der Waals surface area (Å²) < 4.78 is 15.7. The van der Waals surface area contributed by atoms with Gasteiger partial charge in [-0.05, 0) is 57.7 Å². The summed E-state index contributed by atoms with van der Waals surface area (Å²) in [5.41, 5.74) is 6.99. The van der Waals surface area contributed by atoms with Gasteiger partial charge in [0.1, 0.15) is 16.3 Å². The summed E-state index contributed by atoms with van der Waals surface area (Å²) >= 11 is 11.0. The molecule has 1 aromatic heterocycles. The molecule has 9 heteroatoms. The zero-order chi connectivity index (χ0) is 22.1. The molecule has 6 nitrogen and oxygen atoms in total. The van der Waals surface area contributed by atoms with Gasteiger partial charge in [-0.1, -0.05) is 23.2 Å². The van der Waals surface area contributed by atoms with Crippen LogP contribution >= 0.6 is 23.2 Å². The van der Waals surface area contributed by atoms with Crippen molar-refractivity contribution in [2.24, 2.45) is 5.92 Å². The molecule has 1 fully saturated rings. The molecule has 0 radical (unpaired) electrons. The van der Waals surface area contributed by atoms with Crippen LogP contribution in [0, 0.1) is 5.92 Å². The largest absolute Gasteiger partial charge is 0.598 e. The second kappa shape index (κ2) is 9.40. The molecule has 30 heavy (non-hydrogen) atoms. The van der Waals surface area contributed by atoms with Crippen LogP contribution < -0.4 is 15.4 Å². The smallest absolute Gasteiger partial charge is 0.136 e. The fraction of sp³-hybridized carbons (Fsp3) is 0.476. The Hall–Kier alpha value is -1.38. The number of pyridine rings is 1. The predicted octanol–water partition coefficient (Wildman–Crippen LogP) is 4.69. The highest BCUT2D eigenvalue weighted by atomic mass is 35.5. The molecule has 0 aliphatic carbocycles. The number of nitrogen functional groups attached to an aromatic ring is 1. The molecule has 1 aliphatic rings. The second-order valence-corrected chi connectivity index (χ2v) is 11.4. The first kappa shape index (κ1) is 23.3. The van der Waals surface area contributed by atoms with Crippen molar-refractivity contribution in [3.05, 3.63) is 46.1 Å². The van der Waals surface area contributed by atoms with Gasteiger partial charge < -0.3 is 20.3 Å². The molecular formula is C21H28Cl2N4O2S. The van der Waals surface area contributed by atoms with E-state index in [2.05, 4.69) is 14.6 Å². The minimum absolute atomic E-state index is 0.0513. The Morgan fingerprint density at radius 3 is 2.43 bits per heavy atom. The van der Waals surface area contributed by atoms with Gasteiger partial charge >= 0.3 is 0 Å². The van der Waals surface area contributed by atoms with E-state index in [0.717, 1.165) is 31.7 Å². The third kappa shape index (κ3) is 5.45. The molecule has 1 unspecified atom stereocenters. The molecule has 1 aliphatic heterocycles. The maximum atomic E-state index is 12.9. The van der Waals surface area contributed by atoms with E-state index in [4.69, 9.17) is 28.9 Å². The zero-order valence-electron chi connectivity index (χ0n) is 17.4. The number of hydrogen-bond acceptors (Lipinski definition) is 6. The monoisotopic (exact) mass is 470 g/mol. The van der Waals surface area contributed by atoms with Crippen molar-refractivity contribution in [3.63, 3.8) is 0 Å².